The van der Waals surface area contributed by atoms with E-state index in [9.17, 15) is 14.4 Å². The highest BCUT2D eigenvalue weighted by atomic mass is 16.5. The second-order valence-corrected chi connectivity index (χ2v) is 7.31. The molecule has 30 heavy (non-hydrogen) atoms. The van der Waals surface area contributed by atoms with E-state index >= 15 is 0 Å². The van der Waals surface area contributed by atoms with E-state index in [4.69, 9.17) is 4.74 Å². The number of para-hydroxylation sites is 2. The van der Waals surface area contributed by atoms with Gasteiger partial charge in [-0.1, -0.05) is 36.4 Å². The highest BCUT2D eigenvalue weighted by molar-refractivity contribution is 6.05. The number of esters is 1. The summed E-state index contributed by atoms with van der Waals surface area (Å²) < 4.78 is 7.03. The van der Waals surface area contributed by atoms with Gasteiger partial charge < -0.3 is 19.5 Å². The predicted molar refractivity (Wildman–Crippen MR) is 115 cm³/mol. The van der Waals surface area contributed by atoms with Crippen molar-refractivity contribution < 1.29 is 19.1 Å². The molecule has 2 amide bonds. The molecule has 0 saturated heterocycles. The standard InChI is InChI=1S/C23H25N3O4/c1-15-8-7-9-16(2)22(15)24-20(27)13-26(4)21(28)14-30-23(29)18-12-25(3)19-11-6-5-10-17(18)19/h5-12H,13-14H2,1-4H3,(H,24,27). The summed E-state index contributed by atoms with van der Waals surface area (Å²) in [5, 5.41) is 3.60. The largest absolute Gasteiger partial charge is 0.452 e. The van der Waals surface area contributed by atoms with E-state index in [1.165, 1.54) is 11.9 Å². The van der Waals surface area contributed by atoms with E-state index in [0.717, 1.165) is 27.7 Å². The third-order valence-corrected chi connectivity index (χ3v) is 5.00. The Morgan fingerprint density at radius 1 is 1.03 bits per heavy atom. The number of carbonyl (C=O) groups excluding carboxylic acids is 3. The van der Waals surface area contributed by atoms with E-state index in [0.29, 0.717) is 5.56 Å². The van der Waals surface area contributed by atoms with Crippen LogP contribution in [0.15, 0.2) is 48.7 Å². The second-order valence-electron chi connectivity index (χ2n) is 7.31. The molecule has 1 heterocycles. The maximum absolute atomic E-state index is 12.5. The fourth-order valence-corrected chi connectivity index (χ4v) is 3.31. The van der Waals surface area contributed by atoms with Crippen LogP contribution in [0.4, 0.5) is 5.69 Å². The first-order valence-corrected chi connectivity index (χ1v) is 9.59. The van der Waals surface area contributed by atoms with Gasteiger partial charge in [0.1, 0.15) is 0 Å². The van der Waals surface area contributed by atoms with E-state index in [1.54, 1.807) is 6.20 Å². The number of nitrogens with one attached hydrogen (secondary N) is 1. The smallest absolute Gasteiger partial charge is 0.340 e. The lowest BCUT2D eigenvalue weighted by Crippen LogP contribution is -2.37. The Kier molecular flexibility index (Phi) is 6.20. The molecule has 0 spiro atoms. The van der Waals surface area contributed by atoms with Gasteiger partial charge in [0.25, 0.3) is 5.91 Å². The molecule has 0 saturated carbocycles. The summed E-state index contributed by atoms with van der Waals surface area (Å²) in [6.45, 7) is 3.24. The van der Waals surface area contributed by atoms with Gasteiger partial charge in [-0.05, 0) is 31.0 Å². The molecule has 3 aromatic rings. The number of anilines is 1. The van der Waals surface area contributed by atoms with Gasteiger partial charge in [0.05, 0.1) is 12.1 Å². The minimum Gasteiger partial charge on any atom is -0.452 e. The molecule has 0 aliphatic heterocycles. The normalized spacial score (nSPS) is 10.7. The number of ether oxygens (including phenoxy) is 1. The second kappa shape index (κ2) is 8.82. The number of aromatic nitrogens is 1. The summed E-state index contributed by atoms with van der Waals surface area (Å²) in [5.74, 6) is -1.35. The third kappa shape index (κ3) is 4.51. The molecule has 7 heteroatoms. The van der Waals surface area contributed by atoms with Gasteiger partial charge in [0, 0.05) is 36.9 Å². The molecule has 1 aromatic heterocycles. The van der Waals surface area contributed by atoms with Crippen LogP contribution < -0.4 is 5.32 Å². The van der Waals surface area contributed by atoms with Crippen molar-refractivity contribution in [1.29, 1.82) is 0 Å². The van der Waals surface area contributed by atoms with Crippen molar-refractivity contribution >= 4 is 34.4 Å². The van der Waals surface area contributed by atoms with Crippen molar-refractivity contribution in [1.82, 2.24) is 9.47 Å². The molecule has 2 aromatic carbocycles. The molecule has 0 unspecified atom stereocenters. The van der Waals surface area contributed by atoms with Crippen LogP contribution in [0.1, 0.15) is 21.5 Å². The average Bonchev–Trinajstić information content (AvgIpc) is 3.06. The number of fused-ring (bicyclic) bond motifs is 1. The van der Waals surface area contributed by atoms with Crippen molar-refractivity contribution in [3.8, 4) is 0 Å². The molecule has 0 atom stereocenters. The topological polar surface area (TPSA) is 80.6 Å². The van der Waals surface area contributed by atoms with Gasteiger partial charge in [-0.15, -0.1) is 0 Å². The van der Waals surface area contributed by atoms with Crippen LogP contribution in [0, 0.1) is 13.8 Å². The summed E-state index contributed by atoms with van der Waals surface area (Å²) in [4.78, 5) is 38.3. The fourth-order valence-electron chi connectivity index (χ4n) is 3.31. The van der Waals surface area contributed by atoms with Crippen LogP contribution in [0.5, 0.6) is 0 Å². The van der Waals surface area contributed by atoms with Crippen molar-refractivity contribution in [2.45, 2.75) is 13.8 Å². The number of likely N-dealkylation sites (N-methyl/N-ethyl adjacent to an activating group) is 1. The summed E-state index contributed by atoms with van der Waals surface area (Å²) in [7, 11) is 3.34. The zero-order valence-corrected chi connectivity index (χ0v) is 17.6. The third-order valence-electron chi connectivity index (χ3n) is 5.00. The van der Waals surface area contributed by atoms with Gasteiger partial charge in [-0.3, -0.25) is 9.59 Å². The number of nitrogens with zero attached hydrogens (tertiary/aromatic N) is 2. The summed E-state index contributed by atoms with van der Waals surface area (Å²) in [5.41, 5.74) is 3.93. The molecule has 0 bridgehead atoms. The Bertz CT molecular complexity index is 1100. The van der Waals surface area contributed by atoms with Crippen LogP contribution >= 0.6 is 0 Å². The fraction of sp³-hybridized carbons (Fsp3) is 0.261. The van der Waals surface area contributed by atoms with Crippen LogP contribution in [-0.4, -0.2) is 47.4 Å². The van der Waals surface area contributed by atoms with Crippen LogP contribution in [0.2, 0.25) is 0 Å². The van der Waals surface area contributed by atoms with E-state index in [-0.39, 0.29) is 12.5 Å². The number of carbonyl (C=O) groups is 3. The van der Waals surface area contributed by atoms with Crippen molar-refractivity contribution in [3.05, 3.63) is 65.4 Å². The first kappa shape index (κ1) is 21.1. The zero-order valence-electron chi connectivity index (χ0n) is 17.6. The van der Waals surface area contributed by atoms with Gasteiger partial charge in [0.2, 0.25) is 5.91 Å². The van der Waals surface area contributed by atoms with Crippen molar-refractivity contribution in [3.63, 3.8) is 0 Å². The molecule has 7 nitrogen and oxygen atoms in total. The molecule has 0 radical (unpaired) electrons. The molecule has 0 aliphatic carbocycles. The molecule has 3 rings (SSSR count). The quantitative estimate of drug-likeness (QED) is 0.637. The SMILES string of the molecule is Cc1cccc(C)c1NC(=O)CN(C)C(=O)COC(=O)c1cn(C)c2ccccc12. The van der Waals surface area contributed by atoms with E-state index < -0.39 is 18.5 Å². The average molecular weight is 407 g/mol. The van der Waals surface area contributed by atoms with E-state index in [1.807, 2.05) is 67.9 Å². The van der Waals surface area contributed by atoms with Crippen molar-refractivity contribution in [2.24, 2.45) is 7.05 Å². The first-order chi connectivity index (χ1) is 14.3. The Morgan fingerprint density at radius 3 is 2.40 bits per heavy atom. The van der Waals surface area contributed by atoms with Gasteiger partial charge in [-0.2, -0.15) is 0 Å². The Balaban J connectivity index is 1.56. The Morgan fingerprint density at radius 2 is 1.70 bits per heavy atom. The lowest BCUT2D eigenvalue weighted by Gasteiger charge is -2.18. The monoisotopic (exact) mass is 407 g/mol. The van der Waals surface area contributed by atoms with Crippen molar-refractivity contribution in [2.75, 3.05) is 25.5 Å². The lowest BCUT2D eigenvalue weighted by atomic mass is 10.1. The molecular weight excluding hydrogens is 382 g/mol. The Hall–Kier alpha value is -3.61. The van der Waals surface area contributed by atoms with E-state index in [2.05, 4.69) is 5.32 Å². The lowest BCUT2D eigenvalue weighted by molar-refractivity contribution is -0.136. The number of benzene rings is 2. The highest BCUT2D eigenvalue weighted by Crippen LogP contribution is 2.21. The molecule has 0 fully saturated rings. The number of hydrogen-bond acceptors (Lipinski definition) is 4. The molecular formula is C23H25N3O4. The van der Waals surface area contributed by atoms with Gasteiger partial charge in [-0.25, -0.2) is 4.79 Å². The Labute approximate surface area is 175 Å². The van der Waals surface area contributed by atoms with Crippen LogP contribution in [0.25, 0.3) is 10.9 Å². The maximum Gasteiger partial charge on any atom is 0.340 e. The minimum absolute atomic E-state index is 0.140. The summed E-state index contributed by atoms with van der Waals surface area (Å²) in [6.07, 6.45) is 1.68. The molecule has 1 N–H and O–H groups in total. The maximum atomic E-state index is 12.5. The molecule has 0 aliphatic rings. The molecule has 156 valence electrons. The van der Waals surface area contributed by atoms with Gasteiger partial charge >= 0.3 is 5.97 Å². The number of hydrogen-bond donors (Lipinski definition) is 1. The minimum atomic E-state index is -0.575. The zero-order chi connectivity index (χ0) is 21.8. The predicted octanol–water partition coefficient (Wildman–Crippen LogP) is 3.05. The number of rotatable bonds is 6. The number of amides is 2. The number of aryl methyl sites for hydroxylation is 3. The summed E-state index contributed by atoms with van der Waals surface area (Å²) in [6, 6.07) is 13.2. The highest BCUT2D eigenvalue weighted by Gasteiger charge is 2.19. The van der Waals surface area contributed by atoms with Crippen LogP contribution in [0.3, 0.4) is 0 Å². The summed E-state index contributed by atoms with van der Waals surface area (Å²) >= 11 is 0. The van der Waals surface area contributed by atoms with Crippen LogP contribution in [-0.2, 0) is 21.4 Å². The first-order valence-electron chi connectivity index (χ1n) is 9.59. The van der Waals surface area contributed by atoms with Gasteiger partial charge in [0.15, 0.2) is 6.61 Å².